The number of rotatable bonds is 3. The largest absolute Gasteiger partial charge is 0.315 e. The molecule has 0 aliphatic carbocycles. The minimum absolute atomic E-state index is 0.0648. The molecule has 1 atom stereocenters. The zero-order valence-electron chi connectivity index (χ0n) is 10.3. The highest BCUT2D eigenvalue weighted by atomic mass is 32.2. The predicted octanol–water partition coefficient (Wildman–Crippen LogP) is 1.44. The maximum atomic E-state index is 11.7. The maximum absolute atomic E-state index is 11.7. The van der Waals surface area contributed by atoms with Crippen LogP contribution < -0.4 is 5.32 Å². The van der Waals surface area contributed by atoms with E-state index in [2.05, 4.69) is 5.32 Å². The fraction of sp³-hybridized carbons (Fsp3) is 1.00. The minimum atomic E-state index is -3.06. The molecule has 0 aliphatic rings. The van der Waals surface area contributed by atoms with Crippen LogP contribution >= 0.6 is 0 Å². The Morgan fingerprint density at radius 1 is 1.07 bits per heavy atom. The highest BCUT2D eigenvalue weighted by molar-refractivity contribution is 7.92. The van der Waals surface area contributed by atoms with Gasteiger partial charge in [-0.15, -0.1) is 0 Å². The first kappa shape index (κ1) is 13.9. The minimum Gasteiger partial charge on any atom is -0.315 e. The molecule has 0 fully saturated rings. The Bertz CT molecular complexity index is 286. The monoisotopic (exact) mass is 221 g/mol. The van der Waals surface area contributed by atoms with Gasteiger partial charge in [-0.25, -0.2) is 8.42 Å². The topological polar surface area (TPSA) is 46.2 Å². The molecule has 0 aromatic rings. The Hall–Kier alpha value is -0.0900. The van der Waals surface area contributed by atoms with Gasteiger partial charge in [0.25, 0.3) is 0 Å². The number of hydrogen-bond donors (Lipinski definition) is 1. The molecule has 0 heterocycles. The van der Waals surface area contributed by atoms with Crippen molar-refractivity contribution in [3.63, 3.8) is 0 Å². The van der Waals surface area contributed by atoms with Gasteiger partial charge in [0, 0.05) is 12.3 Å². The molecule has 0 radical (unpaired) electrons. The third kappa shape index (κ3) is 2.70. The molecule has 14 heavy (non-hydrogen) atoms. The molecule has 1 N–H and O–H groups in total. The van der Waals surface area contributed by atoms with Crippen LogP contribution in [0.1, 0.15) is 34.6 Å². The van der Waals surface area contributed by atoms with Gasteiger partial charge in [-0.3, -0.25) is 0 Å². The van der Waals surface area contributed by atoms with Crippen LogP contribution in [0.25, 0.3) is 0 Å². The van der Waals surface area contributed by atoms with E-state index in [4.69, 9.17) is 0 Å². The van der Waals surface area contributed by atoms with Crippen LogP contribution in [-0.4, -0.2) is 32.5 Å². The van der Waals surface area contributed by atoms with Crippen LogP contribution in [0.3, 0.4) is 0 Å². The molecule has 0 saturated carbocycles. The van der Waals surface area contributed by atoms with E-state index in [1.807, 2.05) is 27.8 Å². The Morgan fingerprint density at radius 2 is 1.43 bits per heavy atom. The molecule has 0 rings (SSSR count). The summed E-state index contributed by atoms with van der Waals surface area (Å²) in [7, 11) is -1.25. The van der Waals surface area contributed by atoms with Crippen molar-refractivity contribution in [3.8, 4) is 0 Å². The lowest BCUT2D eigenvalue weighted by Crippen LogP contribution is -2.56. The van der Waals surface area contributed by atoms with Crippen molar-refractivity contribution in [2.24, 2.45) is 5.41 Å². The van der Waals surface area contributed by atoms with E-state index in [0.29, 0.717) is 0 Å². The second kappa shape index (κ2) is 3.81. The van der Waals surface area contributed by atoms with Crippen molar-refractivity contribution in [1.29, 1.82) is 0 Å². The second-order valence-corrected chi connectivity index (χ2v) is 8.06. The first-order valence-electron chi connectivity index (χ1n) is 4.81. The molecule has 0 saturated heterocycles. The van der Waals surface area contributed by atoms with Crippen LogP contribution in [0.2, 0.25) is 0 Å². The van der Waals surface area contributed by atoms with Gasteiger partial charge in [0.1, 0.15) is 0 Å². The van der Waals surface area contributed by atoms with Crippen molar-refractivity contribution in [3.05, 3.63) is 0 Å². The summed E-state index contributed by atoms with van der Waals surface area (Å²) in [5, 5.41) is 3.11. The average Bonchev–Trinajstić information content (AvgIpc) is 1.80. The van der Waals surface area contributed by atoms with E-state index in [1.165, 1.54) is 6.26 Å². The Kier molecular flexibility index (Phi) is 3.79. The SMILES string of the molecule is CNC(C(C)(C)C)C(C)(C)S(C)(=O)=O. The lowest BCUT2D eigenvalue weighted by Gasteiger charge is -2.41. The first-order chi connectivity index (χ1) is 5.94. The molecule has 0 spiro atoms. The van der Waals surface area contributed by atoms with Gasteiger partial charge < -0.3 is 5.32 Å². The molecular weight excluding hydrogens is 198 g/mol. The Balaban J connectivity index is 5.26. The number of sulfone groups is 1. The van der Waals surface area contributed by atoms with E-state index < -0.39 is 14.6 Å². The third-order valence-corrected chi connectivity index (χ3v) is 4.95. The fourth-order valence-corrected chi connectivity index (χ4v) is 2.94. The van der Waals surface area contributed by atoms with E-state index in [1.54, 1.807) is 13.8 Å². The van der Waals surface area contributed by atoms with Gasteiger partial charge in [0.2, 0.25) is 0 Å². The molecule has 1 unspecified atom stereocenters. The summed E-state index contributed by atoms with van der Waals surface area (Å²) >= 11 is 0. The van der Waals surface area contributed by atoms with Gasteiger partial charge in [-0.2, -0.15) is 0 Å². The average molecular weight is 221 g/mol. The highest BCUT2D eigenvalue weighted by Crippen LogP contribution is 2.32. The first-order valence-corrected chi connectivity index (χ1v) is 6.70. The summed E-state index contributed by atoms with van der Waals surface area (Å²) in [5.74, 6) is 0. The molecule has 0 aromatic heterocycles. The van der Waals surface area contributed by atoms with E-state index in [9.17, 15) is 8.42 Å². The highest BCUT2D eigenvalue weighted by Gasteiger charge is 2.43. The summed E-state index contributed by atoms with van der Waals surface area (Å²) in [6, 6.07) is -0.0648. The quantitative estimate of drug-likeness (QED) is 0.784. The van der Waals surface area contributed by atoms with Gasteiger partial charge in [-0.1, -0.05) is 20.8 Å². The van der Waals surface area contributed by atoms with Crippen molar-refractivity contribution in [2.75, 3.05) is 13.3 Å². The van der Waals surface area contributed by atoms with Gasteiger partial charge >= 0.3 is 0 Å². The smallest absolute Gasteiger partial charge is 0.154 e. The molecule has 4 heteroatoms. The Labute approximate surface area is 88.2 Å². The zero-order valence-corrected chi connectivity index (χ0v) is 11.1. The maximum Gasteiger partial charge on any atom is 0.154 e. The van der Waals surface area contributed by atoms with E-state index in [-0.39, 0.29) is 11.5 Å². The van der Waals surface area contributed by atoms with Crippen molar-refractivity contribution >= 4 is 9.84 Å². The Morgan fingerprint density at radius 3 is 1.50 bits per heavy atom. The van der Waals surface area contributed by atoms with Crippen LogP contribution in [0.4, 0.5) is 0 Å². The molecule has 0 aliphatic heterocycles. The van der Waals surface area contributed by atoms with Crippen molar-refractivity contribution in [2.45, 2.75) is 45.4 Å². The summed E-state index contributed by atoms with van der Waals surface area (Å²) in [6.45, 7) is 9.67. The van der Waals surface area contributed by atoms with E-state index >= 15 is 0 Å². The molecule has 3 nitrogen and oxygen atoms in total. The lowest BCUT2D eigenvalue weighted by atomic mass is 9.80. The second-order valence-electron chi connectivity index (χ2n) is 5.46. The van der Waals surface area contributed by atoms with Crippen LogP contribution in [-0.2, 0) is 9.84 Å². The summed E-state index contributed by atoms with van der Waals surface area (Å²) in [4.78, 5) is 0. The van der Waals surface area contributed by atoms with Gasteiger partial charge in [-0.05, 0) is 26.3 Å². The van der Waals surface area contributed by atoms with Crippen LogP contribution in [0.15, 0.2) is 0 Å². The van der Waals surface area contributed by atoms with Crippen molar-refractivity contribution in [1.82, 2.24) is 5.32 Å². The summed E-state index contributed by atoms with van der Waals surface area (Å²) in [6.07, 6.45) is 1.29. The standard InChI is InChI=1S/C10H23NO2S/c1-9(2,3)8(11-6)10(4,5)14(7,12)13/h8,11H,1-7H3. The summed E-state index contributed by atoms with van der Waals surface area (Å²) in [5.41, 5.74) is -0.0820. The van der Waals surface area contributed by atoms with Crippen LogP contribution in [0, 0.1) is 5.41 Å². The molecule has 0 amide bonds. The third-order valence-electron chi connectivity index (χ3n) is 2.81. The van der Waals surface area contributed by atoms with Crippen molar-refractivity contribution < 1.29 is 8.42 Å². The fourth-order valence-electron chi connectivity index (χ4n) is 2.04. The number of hydrogen-bond acceptors (Lipinski definition) is 3. The molecule has 86 valence electrons. The number of nitrogens with one attached hydrogen (secondary N) is 1. The van der Waals surface area contributed by atoms with E-state index in [0.717, 1.165) is 0 Å². The van der Waals surface area contributed by atoms with Gasteiger partial charge in [0.15, 0.2) is 9.84 Å². The lowest BCUT2D eigenvalue weighted by molar-refractivity contribution is 0.235. The van der Waals surface area contributed by atoms with Gasteiger partial charge in [0.05, 0.1) is 4.75 Å². The summed E-state index contributed by atoms with van der Waals surface area (Å²) < 4.78 is 22.6. The zero-order chi connectivity index (χ0) is 11.8. The molecular formula is C10H23NO2S. The molecule has 0 aromatic carbocycles. The van der Waals surface area contributed by atoms with Crippen LogP contribution in [0.5, 0.6) is 0 Å². The predicted molar refractivity (Wildman–Crippen MR) is 61.2 cm³/mol. The normalized spacial score (nSPS) is 16.8. The molecule has 0 bridgehead atoms.